The van der Waals surface area contributed by atoms with Crippen LogP contribution in [0.5, 0.6) is 0 Å². The number of nitrogens with zero attached hydrogens (tertiary/aromatic N) is 2. The van der Waals surface area contributed by atoms with E-state index < -0.39 is 5.41 Å². The molecule has 4 rings (SSSR count). The van der Waals surface area contributed by atoms with Crippen LogP contribution in [0, 0.1) is 0 Å². The smallest absolute Gasteiger partial charge is 0.233 e. The lowest BCUT2D eigenvalue weighted by Gasteiger charge is -2.40. The molecule has 0 atom stereocenters. The van der Waals surface area contributed by atoms with Crippen LogP contribution in [0.1, 0.15) is 37.8 Å². The fourth-order valence-electron chi connectivity index (χ4n) is 4.30. The zero-order chi connectivity index (χ0) is 19.8. The van der Waals surface area contributed by atoms with Crippen molar-refractivity contribution in [2.24, 2.45) is 0 Å². The lowest BCUT2D eigenvalue weighted by molar-refractivity contribution is -0.143. The van der Waals surface area contributed by atoms with Crippen molar-refractivity contribution in [1.82, 2.24) is 9.80 Å². The van der Waals surface area contributed by atoms with Crippen LogP contribution >= 0.6 is 0 Å². The number of piperazine rings is 1. The summed E-state index contributed by atoms with van der Waals surface area (Å²) < 4.78 is 0. The molecule has 2 fully saturated rings. The molecule has 2 aromatic carbocycles. The molecule has 1 heterocycles. The Morgan fingerprint density at radius 2 is 1.29 bits per heavy atom. The Morgan fingerprint density at radius 3 is 1.82 bits per heavy atom. The van der Waals surface area contributed by atoms with E-state index in [2.05, 4.69) is 12.1 Å². The summed E-state index contributed by atoms with van der Waals surface area (Å²) in [7, 11) is 0. The third-order valence-corrected chi connectivity index (χ3v) is 6.37. The van der Waals surface area contributed by atoms with E-state index in [1.54, 1.807) is 0 Å². The van der Waals surface area contributed by atoms with Gasteiger partial charge in [0.1, 0.15) is 0 Å². The van der Waals surface area contributed by atoms with Gasteiger partial charge in [-0.05, 0) is 37.8 Å². The number of rotatable bonds is 4. The van der Waals surface area contributed by atoms with Crippen LogP contribution in [0.15, 0.2) is 60.7 Å². The number of amides is 2. The summed E-state index contributed by atoms with van der Waals surface area (Å²) in [5.74, 6) is 0.364. The van der Waals surface area contributed by atoms with E-state index in [4.69, 9.17) is 0 Å². The molecule has 0 N–H and O–H groups in total. The van der Waals surface area contributed by atoms with Crippen molar-refractivity contribution >= 4 is 11.8 Å². The number of carbonyl (C=O) groups excluding carboxylic acids is 2. The summed E-state index contributed by atoms with van der Waals surface area (Å²) in [5, 5.41) is 0. The molecule has 1 aliphatic carbocycles. The van der Waals surface area contributed by atoms with Gasteiger partial charge in [0, 0.05) is 26.2 Å². The largest absolute Gasteiger partial charge is 0.338 e. The van der Waals surface area contributed by atoms with Crippen molar-refractivity contribution in [3.63, 3.8) is 0 Å². The molecule has 1 saturated heterocycles. The van der Waals surface area contributed by atoms with E-state index in [0.717, 1.165) is 24.0 Å². The predicted molar refractivity (Wildman–Crippen MR) is 110 cm³/mol. The van der Waals surface area contributed by atoms with Crippen LogP contribution in [0.3, 0.4) is 0 Å². The summed E-state index contributed by atoms with van der Waals surface area (Å²) in [5.41, 5.74) is 1.27. The highest BCUT2D eigenvalue weighted by atomic mass is 16.2. The van der Waals surface area contributed by atoms with Crippen LogP contribution in [0.2, 0.25) is 0 Å². The van der Waals surface area contributed by atoms with E-state index in [1.165, 1.54) is 0 Å². The Labute approximate surface area is 167 Å². The maximum atomic E-state index is 13.2. The standard InChI is InChI=1S/C24H28N2O2/c1-23(2,19-9-5-3-6-10-19)21(27)25-15-17-26(18-16-25)22(28)24(13-14-24)20-11-7-4-8-12-20/h3-12H,13-18H2,1-2H3. The SMILES string of the molecule is CC(C)(C(=O)N1CCN(C(=O)C2(c3ccccc3)CC2)CC1)c1ccccc1. The number of carbonyl (C=O) groups is 2. The molecule has 4 nitrogen and oxygen atoms in total. The van der Waals surface area contributed by atoms with Gasteiger partial charge in [0.2, 0.25) is 11.8 Å². The van der Waals surface area contributed by atoms with Gasteiger partial charge in [-0.2, -0.15) is 0 Å². The summed E-state index contributed by atoms with van der Waals surface area (Å²) >= 11 is 0. The number of hydrogen-bond donors (Lipinski definition) is 0. The molecule has 2 aliphatic rings. The van der Waals surface area contributed by atoms with Gasteiger partial charge in [-0.1, -0.05) is 60.7 Å². The van der Waals surface area contributed by atoms with Gasteiger partial charge in [0.25, 0.3) is 0 Å². The first-order chi connectivity index (χ1) is 13.4. The molecule has 146 valence electrons. The molecule has 1 aliphatic heterocycles. The number of benzene rings is 2. The second-order valence-corrected chi connectivity index (χ2v) is 8.52. The normalized spacial score (nSPS) is 18.6. The maximum Gasteiger partial charge on any atom is 0.233 e. The lowest BCUT2D eigenvalue weighted by atomic mass is 9.83. The fraction of sp³-hybridized carbons (Fsp3) is 0.417. The Hall–Kier alpha value is -2.62. The van der Waals surface area contributed by atoms with Gasteiger partial charge in [-0.3, -0.25) is 9.59 Å². The average Bonchev–Trinajstić information content (AvgIpc) is 3.56. The highest BCUT2D eigenvalue weighted by Crippen LogP contribution is 2.49. The van der Waals surface area contributed by atoms with Crippen LogP contribution in [0.4, 0.5) is 0 Å². The Balaban J connectivity index is 1.41. The predicted octanol–water partition coefficient (Wildman–Crippen LogP) is 3.37. The fourth-order valence-corrected chi connectivity index (χ4v) is 4.30. The highest BCUT2D eigenvalue weighted by molar-refractivity contribution is 5.92. The molecular formula is C24H28N2O2. The molecule has 4 heteroatoms. The summed E-state index contributed by atoms with van der Waals surface area (Å²) in [6.45, 7) is 6.40. The zero-order valence-electron chi connectivity index (χ0n) is 16.7. The van der Waals surface area contributed by atoms with Crippen molar-refractivity contribution in [3.05, 3.63) is 71.8 Å². The van der Waals surface area contributed by atoms with E-state index in [-0.39, 0.29) is 17.2 Å². The molecular weight excluding hydrogens is 348 g/mol. The van der Waals surface area contributed by atoms with Crippen molar-refractivity contribution < 1.29 is 9.59 Å². The van der Waals surface area contributed by atoms with Gasteiger partial charge in [-0.25, -0.2) is 0 Å². The van der Waals surface area contributed by atoms with E-state index >= 15 is 0 Å². The van der Waals surface area contributed by atoms with E-state index in [0.29, 0.717) is 26.2 Å². The van der Waals surface area contributed by atoms with Crippen molar-refractivity contribution in [2.45, 2.75) is 37.5 Å². The second kappa shape index (κ2) is 7.08. The molecule has 0 spiro atoms. The highest BCUT2D eigenvalue weighted by Gasteiger charge is 2.53. The molecule has 2 aromatic rings. The van der Waals surface area contributed by atoms with Gasteiger partial charge < -0.3 is 9.80 Å². The summed E-state index contributed by atoms with van der Waals surface area (Å²) in [6.07, 6.45) is 1.85. The third-order valence-electron chi connectivity index (χ3n) is 6.37. The van der Waals surface area contributed by atoms with Crippen molar-refractivity contribution in [1.29, 1.82) is 0 Å². The quantitative estimate of drug-likeness (QED) is 0.821. The van der Waals surface area contributed by atoms with Gasteiger partial charge in [0.15, 0.2) is 0 Å². The monoisotopic (exact) mass is 376 g/mol. The summed E-state index contributed by atoms with van der Waals surface area (Å²) in [4.78, 5) is 30.2. The number of hydrogen-bond acceptors (Lipinski definition) is 2. The third kappa shape index (κ3) is 3.21. The van der Waals surface area contributed by atoms with Crippen molar-refractivity contribution in [3.8, 4) is 0 Å². The molecule has 0 unspecified atom stereocenters. The zero-order valence-corrected chi connectivity index (χ0v) is 16.7. The van der Waals surface area contributed by atoms with Gasteiger partial charge in [0.05, 0.1) is 10.8 Å². The Morgan fingerprint density at radius 1 is 0.786 bits per heavy atom. The first-order valence-electron chi connectivity index (χ1n) is 10.1. The first kappa shape index (κ1) is 18.7. The topological polar surface area (TPSA) is 40.6 Å². The first-order valence-corrected chi connectivity index (χ1v) is 10.1. The molecule has 0 radical (unpaired) electrons. The van der Waals surface area contributed by atoms with Gasteiger partial charge >= 0.3 is 0 Å². The van der Waals surface area contributed by atoms with Crippen LogP contribution in [-0.4, -0.2) is 47.8 Å². The molecule has 1 saturated carbocycles. The van der Waals surface area contributed by atoms with Crippen LogP contribution in [-0.2, 0) is 20.4 Å². The molecule has 0 bridgehead atoms. The van der Waals surface area contributed by atoms with Crippen LogP contribution in [0.25, 0.3) is 0 Å². The summed E-state index contributed by atoms with van der Waals surface area (Å²) in [6, 6.07) is 20.1. The maximum absolute atomic E-state index is 13.2. The Bertz CT molecular complexity index is 787. The van der Waals surface area contributed by atoms with Crippen LogP contribution < -0.4 is 0 Å². The molecule has 0 aromatic heterocycles. The average molecular weight is 377 g/mol. The van der Waals surface area contributed by atoms with E-state index in [9.17, 15) is 9.59 Å². The minimum absolute atomic E-state index is 0.134. The van der Waals surface area contributed by atoms with E-state index in [1.807, 2.05) is 72.2 Å². The Kier molecular flexibility index (Phi) is 4.74. The second-order valence-electron chi connectivity index (χ2n) is 8.52. The van der Waals surface area contributed by atoms with Gasteiger partial charge in [-0.15, -0.1) is 0 Å². The molecule has 2 amide bonds. The minimum atomic E-state index is -0.560. The molecule has 28 heavy (non-hydrogen) atoms. The minimum Gasteiger partial charge on any atom is -0.338 e. The lowest BCUT2D eigenvalue weighted by Crippen LogP contribution is -2.55. The van der Waals surface area contributed by atoms with Crippen molar-refractivity contribution in [2.75, 3.05) is 26.2 Å².